The number of pyridine rings is 1. The van der Waals surface area contributed by atoms with E-state index in [2.05, 4.69) is 23.3 Å². The molecule has 0 saturated carbocycles. The number of rotatable bonds is 14. The number of carbonyl (C=O) groups is 1. The summed E-state index contributed by atoms with van der Waals surface area (Å²) in [4.78, 5) is 17.3. The molecule has 1 aliphatic rings. The van der Waals surface area contributed by atoms with E-state index in [4.69, 9.17) is 0 Å². The van der Waals surface area contributed by atoms with Crippen LogP contribution >= 0.6 is 11.8 Å². The first kappa shape index (κ1) is 23.8. The van der Waals surface area contributed by atoms with E-state index >= 15 is 0 Å². The number of carbonyl (C=O) groups excluding carboxylic acids is 1. The highest BCUT2D eigenvalue weighted by Crippen LogP contribution is 2.35. The van der Waals surface area contributed by atoms with Gasteiger partial charge in [0.2, 0.25) is 0 Å². The Kier molecular flexibility index (Phi) is 9.41. The summed E-state index contributed by atoms with van der Waals surface area (Å²) in [6.45, 7) is 2.27. The summed E-state index contributed by atoms with van der Waals surface area (Å²) in [5, 5.41) is 13.9. The third kappa shape index (κ3) is 6.56. The minimum absolute atomic E-state index is 0.287. The number of amides is 1. The molecular weight excluding hydrogens is 404 g/mol. The predicted molar refractivity (Wildman–Crippen MR) is 128 cm³/mol. The number of aliphatic hydroxyl groups is 1. The molecule has 31 heavy (non-hydrogen) atoms. The Morgan fingerprint density at radius 2 is 1.65 bits per heavy atom. The highest BCUT2D eigenvalue weighted by atomic mass is 32.2. The van der Waals surface area contributed by atoms with Crippen LogP contribution < -0.4 is 5.32 Å². The van der Waals surface area contributed by atoms with E-state index < -0.39 is 5.72 Å². The fourth-order valence-corrected chi connectivity index (χ4v) is 5.15. The van der Waals surface area contributed by atoms with Gasteiger partial charge in [0.05, 0.1) is 5.56 Å². The van der Waals surface area contributed by atoms with E-state index in [9.17, 15) is 9.90 Å². The van der Waals surface area contributed by atoms with Gasteiger partial charge in [0, 0.05) is 28.4 Å². The summed E-state index contributed by atoms with van der Waals surface area (Å²) in [7, 11) is 0. The highest BCUT2D eigenvalue weighted by molar-refractivity contribution is 7.99. The van der Waals surface area contributed by atoms with Crippen molar-refractivity contribution < 1.29 is 9.90 Å². The molecule has 0 fully saturated rings. The SMILES string of the molecule is CCCCCCCCCCCCCSc1cccc(C2(O)NC(=O)c3cnccc32)c1. The lowest BCUT2D eigenvalue weighted by molar-refractivity contribution is 0.0474. The molecule has 1 aromatic carbocycles. The first-order valence-corrected chi connectivity index (χ1v) is 12.9. The van der Waals surface area contributed by atoms with Crippen LogP contribution in [0.2, 0.25) is 0 Å². The largest absolute Gasteiger partial charge is 0.363 e. The van der Waals surface area contributed by atoms with Crippen LogP contribution in [0.25, 0.3) is 0 Å². The van der Waals surface area contributed by atoms with Crippen LogP contribution in [0.3, 0.4) is 0 Å². The van der Waals surface area contributed by atoms with Gasteiger partial charge in [-0.25, -0.2) is 0 Å². The summed E-state index contributed by atoms with van der Waals surface area (Å²) >= 11 is 1.82. The Balaban J connectivity index is 1.38. The lowest BCUT2D eigenvalue weighted by atomic mass is 9.96. The molecule has 4 nitrogen and oxygen atoms in total. The minimum Gasteiger partial charge on any atom is -0.363 e. The maximum absolute atomic E-state index is 12.2. The summed E-state index contributed by atoms with van der Waals surface area (Å²) in [6, 6.07) is 9.57. The van der Waals surface area contributed by atoms with Crippen molar-refractivity contribution in [2.45, 2.75) is 88.2 Å². The number of fused-ring (bicyclic) bond motifs is 1. The predicted octanol–water partition coefficient (Wildman–Crippen LogP) is 6.42. The van der Waals surface area contributed by atoms with Crippen molar-refractivity contribution in [2.24, 2.45) is 0 Å². The standard InChI is InChI=1S/C26H36N2O2S/c1-2-3-4-5-6-7-8-9-10-11-12-18-31-22-15-13-14-21(19-22)26(30)24-16-17-27-20-23(24)25(29)28-26/h13-17,19-20,30H,2-12,18H2,1H3,(H,28,29). The Hall–Kier alpha value is -1.85. The van der Waals surface area contributed by atoms with Crippen LogP contribution in [0.4, 0.5) is 0 Å². The van der Waals surface area contributed by atoms with Gasteiger partial charge in [-0.3, -0.25) is 9.78 Å². The Morgan fingerprint density at radius 3 is 2.35 bits per heavy atom. The van der Waals surface area contributed by atoms with Crippen molar-refractivity contribution in [3.63, 3.8) is 0 Å². The molecule has 2 aromatic rings. The van der Waals surface area contributed by atoms with Crippen molar-refractivity contribution >= 4 is 17.7 Å². The molecule has 1 amide bonds. The number of aromatic nitrogens is 1. The Bertz CT molecular complexity index is 842. The molecule has 0 saturated heterocycles. The normalized spacial score (nSPS) is 17.5. The number of nitrogens with one attached hydrogen (secondary N) is 1. The molecule has 0 spiro atoms. The molecule has 1 aromatic heterocycles. The first-order valence-electron chi connectivity index (χ1n) is 11.9. The summed E-state index contributed by atoms with van der Waals surface area (Å²) in [5.74, 6) is 0.788. The molecule has 2 N–H and O–H groups in total. The van der Waals surface area contributed by atoms with Crippen LogP contribution in [-0.2, 0) is 5.72 Å². The second kappa shape index (κ2) is 12.3. The first-order chi connectivity index (χ1) is 15.1. The van der Waals surface area contributed by atoms with E-state index in [0.29, 0.717) is 16.7 Å². The van der Waals surface area contributed by atoms with Crippen LogP contribution in [0, 0.1) is 0 Å². The number of thioether (sulfide) groups is 1. The van der Waals surface area contributed by atoms with Crippen LogP contribution in [0.1, 0.15) is 99.0 Å². The second-order valence-electron chi connectivity index (χ2n) is 8.50. The van der Waals surface area contributed by atoms with E-state index in [0.717, 1.165) is 10.6 Å². The van der Waals surface area contributed by atoms with Gasteiger partial charge in [-0.1, -0.05) is 83.3 Å². The minimum atomic E-state index is -1.48. The van der Waals surface area contributed by atoms with Crippen molar-refractivity contribution in [2.75, 3.05) is 5.75 Å². The van der Waals surface area contributed by atoms with Crippen molar-refractivity contribution in [1.82, 2.24) is 10.3 Å². The highest BCUT2D eigenvalue weighted by Gasteiger charge is 2.42. The molecule has 0 radical (unpaired) electrons. The van der Waals surface area contributed by atoms with Crippen LogP contribution in [-0.4, -0.2) is 21.8 Å². The molecular formula is C26H36N2O2S. The lowest BCUT2D eigenvalue weighted by Gasteiger charge is -2.24. The zero-order valence-electron chi connectivity index (χ0n) is 18.7. The maximum atomic E-state index is 12.2. The van der Waals surface area contributed by atoms with Crippen LogP contribution in [0.15, 0.2) is 47.6 Å². The third-order valence-corrected chi connectivity index (χ3v) is 7.10. The van der Waals surface area contributed by atoms with Gasteiger partial charge in [0.15, 0.2) is 5.72 Å². The zero-order valence-corrected chi connectivity index (χ0v) is 19.6. The molecule has 0 aliphatic carbocycles. The summed E-state index contributed by atoms with van der Waals surface area (Å²) in [6.07, 6.45) is 18.0. The average Bonchev–Trinajstić information content (AvgIpc) is 3.06. The van der Waals surface area contributed by atoms with E-state index in [1.54, 1.807) is 12.3 Å². The van der Waals surface area contributed by atoms with Gasteiger partial charge >= 0.3 is 0 Å². The van der Waals surface area contributed by atoms with Gasteiger partial charge in [0.25, 0.3) is 5.91 Å². The van der Waals surface area contributed by atoms with Gasteiger partial charge in [-0.05, 0) is 30.4 Å². The van der Waals surface area contributed by atoms with Crippen molar-refractivity contribution in [3.8, 4) is 0 Å². The molecule has 3 rings (SSSR count). The number of hydrogen-bond donors (Lipinski definition) is 2. The van der Waals surface area contributed by atoms with E-state index in [-0.39, 0.29) is 5.91 Å². The fourth-order valence-electron chi connectivity index (χ4n) is 4.18. The molecule has 0 bridgehead atoms. The second-order valence-corrected chi connectivity index (χ2v) is 9.67. The zero-order chi connectivity index (χ0) is 21.9. The van der Waals surface area contributed by atoms with E-state index in [1.165, 1.54) is 76.8 Å². The molecule has 5 heteroatoms. The Morgan fingerprint density at radius 1 is 0.968 bits per heavy atom. The molecule has 1 unspecified atom stereocenters. The molecule has 1 atom stereocenters. The number of benzene rings is 1. The van der Waals surface area contributed by atoms with Gasteiger partial charge in [-0.15, -0.1) is 11.8 Å². The third-order valence-electron chi connectivity index (χ3n) is 6.02. The monoisotopic (exact) mass is 440 g/mol. The summed E-state index contributed by atoms with van der Waals surface area (Å²) in [5.41, 5.74) is 0.210. The number of hydrogen-bond acceptors (Lipinski definition) is 4. The molecule has 1 aliphatic heterocycles. The fraction of sp³-hybridized carbons (Fsp3) is 0.538. The Labute approximate surface area is 191 Å². The van der Waals surface area contributed by atoms with E-state index in [1.807, 2.05) is 30.0 Å². The smallest absolute Gasteiger partial charge is 0.256 e. The molecule has 168 valence electrons. The van der Waals surface area contributed by atoms with Gasteiger partial charge in [0.1, 0.15) is 0 Å². The topological polar surface area (TPSA) is 62.2 Å². The van der Waals surface area contributed by atoms with Crippen molar-refractivity contribution in [3.05, 3.63) is 59.4 Å². The van der Waals surface area contributed by atoms with Crippen molar-refractivity contribution in [1.29, 1.82) is 0 Å². The lowest BCUT2D eigenvalue weighted by Crippen LogP contribution is -2.40. The van der Waals surface area contributed by atoms with Gasteiger partial charge < -0.3 is 10.4 Å². The quantitative estimate of drug-likeness (QED) is 0.263. The van der Waals surface area contributed by atoms with Gasteiger partial charge in [-0.2, -0.15) is 0 Å². The molecule has 2 heterocycles. The maximum Gasteiger partial charge on any atom is 0.256 e. The number of nitrogens with zero attached hydrogens (tertiary/aromatic N) is 1. The summed E-state index contributed by atoms with van der Waals surface area (Å²) < 4.78 is 0. The van der Waals surface area contributed by atoms with Crippen LogP contribution in [0.5, 0.6) is 0 Å². The average molecular weight is 441 g/mol. The number of unbranched alkanes of at least 4 members (excludes halogenated alkanes) is 10.